The van der Waals surface area contributed by atoms with Crippen LogP contribution in [0.3, 0.4) is 0 Å². The van der Waals surface area contributed by atoms with Crippen LogP contribution in [0.5, 0.6) is 5.75 Å². The molecule has 3 rings (SSSR count). The standard InChI is InChI=1S/C15H21N3O2/c1-2-6-18-10-14(9-17-18)20-11-15-12(5-7-19-15)8-16-13-3-4-13/h5,7,9-10,13,16H,2-4,6,8,11H2,1H3. The summed E-state index contributed by atoms with van der Waals surface area (Å²) in [6.45, 7) is 4.35. The molecule has 20 heavy (non-hydrogen) atoms. The van der Waals surface area contributed by atoms with E-state index in [-0.39, 0.29) is 0 Å². The Balaban J connectivity index is 1.52. The lowest BCUT2D eigenvalue weighted by Crippen LogP contribution is -2.16. The molecule has 1 aliphatic carbocycles. The SMILES string of the molecule is CCCn1cc(OCc2occc2CNC2CC2)cn1. The van der Waals surface area contributed by atoms with Gasteiger partial charge in [-0.1, -0.05) is 6.92 Å². The maximum atomic E-state index is 5.74. The first-order valence-corrected chi connectivity index (χ1v) is 7.29. The van der Waals surface area contributed by atoms with Crippen LogP contribution in [0.4, 0.5) is 0 Å². The van der Waals surface area contributed by atoms with Gasteiger partial charge in [0, 0.05) is 24.7 Å². The van der Waals surface area contributed by atoms with Crippen LogP contribution in [0, 0.1) is 0 Å². The summed E-state index contributed by atoms with van der Waals surface area (Å²) in [4.78, 5) is 0. The molecular formula is C15H21N3O2. The van der Waals surface area contributed by atoms with Crippen molar-refractivity contribution >= 4 is 0 Å². The van der Waals surface area contributed by atoms with E-state index in [0.717, 1.165) is 31.0 Å². The first-order valence-electron chi connectivity index (χ1n) is 7.29. The van der Waals surface area contributed by atoms with Crippen LogP contribution in [0.1, 0.15) is 37.5 Å². The van der Waals surface area contributed by atoms with Crippen molar-refractivity contribution in [1.82, 2.24) is 15.1 Å². The zero-order chi connectivity index (χ0) is 13.8. The van der Waals surface area contributed by atoms with Gasteiger partial charge in [0.1, 0.15) is 12.4 Å². The number of nitrogens with zero attached hydrogens (tertiary/aromatic N) is 2. The number of nitrogens with one attached hydrogen (secondary N) is 1. The quantitative estimate of drug-likeness (QED) is 0.805. The average Bonchev–Trinajstić information content (AvgIpc) is 2.99. The summed E-state index contributed by atoms with van der Waals surface area (Å²) in [6.07, 6.45) is 9.05. The van der Waals surface area contributed by atoms with Gasteiger partial charge in [0.05, 0.1) is 18.7 Å². The van der Waals surface area contributed by atoms with Gasteiger partial charge in [-0.05, 0) is 25.3 Å². The summed E-state index contributed by atoms with van der Waals surface area (Å²) in [7, 11) is 0. The summed E-state index contributed by atoms with van der Waals surface area (Å²) < 4.78 is 13.1. The van der Waals surface area contributed by atoms with Gasteiger partial charge in [-0.3, -0.25) is 4.68 Å². The van der Waals surface area contributed by atoms with Crippen molar-refractivity contribution < 1.29 is 9.15 Å². The third-order valence-electron chi connectivity index (χ3n) is 3.43. The predicted molar refractivity (Wildman–Crippen MR) is 75.4 cm³/mol. The van der Waals surface area contributed by atoms with Crippen molar-refractivity contribution in [1.29, 1.82) is 0 Å². The van der Waals surface area contributed by atoms with E-state index in [4.69, 9.17) is 9.15 Å². The second-order valence-electron chi connectivity index (χ2n) is 5.25. The molecule has 1 fully saturated rings. The number of rotatable bonds is 8. The predicted octanol–water partition coefficient (Wildman–Crippen LogP) is 2.72. The minimum Gasteiger partial charge on any atom is -0.482 e. The van der Waals surface area contributed by atoms with Crippen molar-refractivity contribution in [2.45, 2.75) is 51.9 Å². The number of furan rings is 1. The lowest BCUT2D eigenvalue weighted by molar-refractivity contribution is 0.267. The van der Waals surface area contributed by atoms with Crippen LogP contribution in [-0.2, 0) is 19.7 Å². The van der Waals surface area contributed by atoms with Crippen LogP contribution in [0.25, 0.3) is 0 Å². The van der Waals surface area contributed by atoms with E-state index in [1.165, 1.54) is 18.4 Å². The average molecular weight is 275 g/mol. The highest BCUT2D eigenvalue weighted by molar-refractivity contribution is 5.18. The lowest BCUT2D eigenvalue weighted by atomic mass is 10.2. The Hall–Kier alpha value is -1.75. The Morgan fingerprint density at radius 2 is 2.40 bits per heavy atom. The van der Waals surface area contributed by atoms with Crippen LogP contribution < -0.4 is 10.1 Å². The number of hydrogen-bond acceptors (Lipinski definition) is 4. The van der Waals surface area contributed by atoms with E-state index in [0.29, 0.717) is 12.6 Å². The normalized spacial score (nSPS) is 14.7. The maximum Gasteiger partial charge on any atom is 0.157 e. The summed E-state index contributed by atoms with van der Waals surface area (Å²) in [5.41, 5.74) is 1.18. The molecule has 0 bridgehead atoms. The molecule has 1 aliphatic rings. The molecule has 5 nitrogen and oxygen atoms in total. The minimum absolute atomic E-state index is 0.451. The van der Waals surface area contributed by atoms with E-state index in [1.54, 1.807) is 12.5 Å². The lowest BCUT2D eigenvalue weighted by Gasteiger charge is -2.05. The van der Waals surface area contributed by atoms with E-state index < -0.39 is 0 Å². The molecule has 0 aromatic carbocycles. The van der Waals surface area contributed by atoms with Crippen LogP contribution in [0.2, 0.25) is 0 Å². The summed E-state index contributed by atoms with van der Waals surface area (Å²) in [5, 5.41) is 7.73. The molecule has 5 heteroatoms. The molecule has 2 heterocycles. The Morgan fingerprint density at radius 1 is 1.50 bits per heavy atom. The van der Waals surface area contributed by atoms with Crippen molar-refractivity contribution in [2.75, 3.05) is 0 Å². The van der Waals surface area contributed by atoms with Crippen molar-refractivity contribution in [2.24, 2.45) is 0 Å². The molecule has 1 saturated carbocycles. The molecular weight excluding hydrogens is 254 g/mol. The van der Waals surface area contributed by atoms with E-state index in [2.05, 4.69) is 17.3 Å². The van der Waals surface area contributed by atoms with Crippen molar-refractivity contribution in [3.63, 3.8) is 0 Å². The molecule has 2 aromatic rings. The number of aromatic nitrogens is 2. The third kappa shape index (κ3) is 3.42. The van der Waals surface area contributed by atoms with Gasteiger partial charge in [-0.2, -0.15) is 5.10 Å². The highest BCUT2D eigenvalue weighted by Crippen LogP contribution is 2.21. The largest absolute Gasteiger partial charge is 0.482 e. The fourth-order valence-corrected chi connectivity index (χ4v) is 2.11. The van der Waals surface area contributed by atoms with Gasteiger partial charge in [0.25, 0.3) is 0 Å². The Morgan fingerprint density at radius 3 is 3.20 bits per heavy atom. The Labute approximate surface area is 118 Å². The highest BCUT2D eigenvalue weighted by Gasteiger charge is 2.21. The second-order valence-corrected chi connectivity index (χ2v) is 5.25. The van der Waals surface area contributed by atoms with Gasteiger partial charge in [-0.25, -0.2) is 0 Å². The first-order chi connectivity index (χ1) is 9.85. The Kier molecular flexibility index (Phi) is 4.06. The molecule has 0 unspecified atom stereocenters. The zero-order valence-electron chi connectivity index (χ0n) is 11.8. The summed E-state index contributed by atoms with van der Waals surface area (Å²) in [5.74, 6) is 1.68. The van der Waals surface area contributed by atoms with E-state index in [9.17, 15) is 0 Å². The molecule has 1 N–H and O–H groups in total. The molecule has 108 valence electrons. The molecule has 0 aliphatic heterocycles. The summed E-state index contributed by atoms with van der Waals surface area (Å²) >= 11 is 0. The zero-order valence-corrected chi connectivity index (χ0v) is 11.8. The van der Waals surface area contributed by atoms with Gasteiger partial charge in [-0.15, -0.1) is 0 Å². The Bertz CT molecular complexity index is 543. The van der Waals surface area contributed by atoms with E-state index in [1.807, 2.05) is 16.9 Å². The molecule has 0 saturated heterocycles. The topological polar surface area (TPSA) is 52.2 Å². The van der Waals surface area contributed by atoms with Crippen LogP contribution in [0.15, 0.2) is 29.1 Å². The first kappa shape index (κ1) is 13.2. The van der Waals surface area contributed by atoms with Gasteiger partial charge in [0.2, 0.25) is 0 Å². The molecule has 2 aromatic heterocycles. The third-order valence-corrected chi connectivity index (χ3v) is 3.43. The number of hydrogen-bond donors (Lipinski definition) is 1. The maximum absolute atomic E-state index is 5.74. The molecule has 0 spiro atoms. The molecule has 0 radical (unpaired) electrons. The van der Waals surface area contributed by atoms with Crippen LogP contribution >= 0.6 is 0 Å². The van der Waals surface area contributed by atoms with Gasteiger partial charge < -0.3 is 14.5 Å². The second kappa shape index (κ2) is 6.13. The minimum atomic E-state index is 0.451. The molecule has 0 amide bonds. The van der Waals surface area contributed by atoms with Crippen LogP contribution in [-0.4, -0.2) is 15.8 Å². The summed E-state index contributed by atoms with van der Waals surface area (Å²) in [6, 6.07) is 2.71. The fourth-order valence-electron chi connectivity index (χ4n) is 2.11. The van der Waals surface area contributed by atoms with Crippen molar-refractivity contribution in [3.05, 3.63) is 36.0 Å². The van der Waals surface area contributed by atoms with Crippen molar-refractivity contribution in [3.8, 4) is 5.75 Å². The van der Waals surface area contributed by atoms with E-state index >= 15 is 0 Å². The monoisotopic (exact) mass is 275 g/mol. The highest BCUT2D eigenvalue weighted by atomic mass is 16.5. The fraction of sp³-hybridized carbons (Fsp3) is 0.533. The number of ether oxygens (including phenoxy) is 1. The van der Waals surface area contributed by atoms with Gasteiger partial charge in [0.15, 0.2) is 5.75 Å². The van der Waals surface area contributed by atoms with Gasteiger partial charge >= 0.3 is 0 Å². The smallest absolute Gasteiger partial charge is 0.157 e. The number of aryl methyl sites for hydroxylation is 1. The molecule has 0 atom stereocenters.